The number of hydrogen-bond donors (Lipinski definition) is 2. The highest BCUT2D eigenvalue weighted by Gasteiger charge is 2.18. The van der Waals surface area contributed by atoms with Crippen LogP contribution in [0.5, 0.6) is 0 Å². The van der Waals surface area contributed by atoms with Crippen molar-refractivity contribution in [1.29, 1.82) is 0 Å². The van der Waals surface area contributed by atoms with E-state index in [2.05, 4.69) is 10.4 Å². The van der Waals surface area contributed by atoms with E-state index in [1.807, 2.05) is 24.3 Å². The molecule has 6 nitrogen and oxygen atoms in total. The predicted octanol–water partition coefficient (Wildman–Crippen LogP) is 2.88. The van der Waals surface area contributed by atoms with Crippen molar-refractivity contribution in [3.63, 3.8) is 0 Å². The molecule has 0 atom stereocenters. The Morgan fingerprint density at radius 1 is 1.17 bits per heavy atom. The SMILES string of the molecule is NC(=O)c1ccn(-c2ccccc2NC(=O)CC2CCCCC2)n1. The van der Waals surface area contributed by atoms with E-state index in [0.29, 0.717) is 23.7 Å². The first-order valence-electron chi connectivity index (χ1n) is 8.38. The van der Waals surface area contributed by atoms with Gasteiger partial charge in [-0.25, -0.2) is 4.68 Å². The number of primary amides is 1. The lowest BCUT2D eigenvalue weighted by Crippen LogP contribution is -2.19. The fourth-order valence-electron chi connectivity index (χ4n) is 3.22. The fraction of sp³-hybridized carbons (Fsp3) is 0.389. The molecule has 0 bridgehead atoms. The maximum atomic E-state index is 12.4. The third kappa shape index (κ3) is 3.82. The third-order valence-electron chi connectivity index (χ3n) is 4.47. The minimum absolute atomic E-state index is 0.0247. The second-order valence-electron chi connectivity index (χ2n) is 6.28. The van der Waals surface area contributed by atoms with Crippen LogP contribution >= 0.6 is 0 Å². The smallest absolute Gasteiger partial charge is 0.269 e. The predicted molar refractivity (Wildman–Crippen MR) is 91.9 cm³/mol. The number of hydrogen-bond acceptors (Lipinski definition) is 3. The van der Waals surface area contributed by atoms with E-state index in [4.69, 9.17) is 5.73 Å². The van der Waals surface area contributed by atoms with Crippen molar-refractivity contribution in [2.24, 2.45) is 11.7 Å². The molecule has 1 fully saturated rings. The molecule has 1 saturated carbocycles. The largest absolute Gasteiger partial charge is 0.364 e. The molecule has 6 heteroatoms. The van der Waals surface area contributed by atoms with Gasteiger partial charge in [-0.05, 0) is 37.0 Å². The van der Waals surface area contributed by atoms with Crippen LogP contribution in [-0.4, -0.2) is 21.6 Å². The number of rotatable bonds is 5. The molecule has 2 amide bonds. The molecule has 0 aliphatic heterocycles. The summed E-state index contributed by atoms with van der Waals surface area (Å²) in [4.78, 5) is 23.6. The minimum atomic E-state index is -0.576. The molecule has 1 aliphatic carbocycles. The summed E-state index contributed by atoms with van der Waals surface area (Å²) in [6, 6.07) is 8.95. The zero-order chi connectivity index (χ0) is 16.9. The van der Waals surface area contributed by atoms with E-state index in [0.717, 1.165) is 12.8 Å². The number of nitrogens with zero attached hydrogens (tertiary/aromatic N) is 2. The van der Waals surface area contributed by atoms with Crippen LogP contribution in [0.15, 0.2) is 36.5 Å². The van der Waals surface area contributed by atoms with Crippen molar-refractivity contribution >= 4 is 17.5 Å². The Morgan fingerprint density at radius 2 is 1.92 bits per heavy atom. The summed E-state index contributed by atoms with van der Waals surface area (Å²) >= 11 is 0. The van der Waals surface area contributed by atoms with E-state index in [1.54, 1.807) is 16.9 Å². The number of nitrogens with two attached hydrogens (primary N) is 1. The zero-order valence-electron chi connectivity index (χ0n) is 13.6. The molecule has 0 unspecified atom stereocenters. The summed E-state index contributed by atoms with van der Waals surface area (Å²) in [7, 11) is 0. The number of nitrogens with one attached hydrogen (secondary N) is 1. The molecule has 1 heterocycles. The Labute approximate surface area is 141 Å². The molecule has 1 aromatic heterocycles. The number of amides is 2. The number of aromatic nitrogens is 2. The van der Waals surface area contributed by atoms with E-state index < -0.39 is 5.91 Å². The Bertz CT molecular complexity index is 732. The lowest BCUT2D eigenvalue weighted by molar-refractivity contribution is -0.117. The molecule has 0 saturated heterocycles. The van der Waals surface area contributed by atoms with Crippen LogP contribution in [0.1, 0.15) is 49.0 Å². The van der Waals surface area contributed by atoms with Gasteiger partial charge in [0.1, 0.15) is 5.69 Å². The first kappa shape index (κ1) is 16.2. The highest BCUT2D eigenvalue weighted by atomic mass is 16.2. The van der Waals surface area contributed by atoms with Crippen LogP contribution in [0, 0.1) is 5.92 Å². The molecule has 0 spiro atoms. The Morgan fingerprint density at radius 3 is 2.62 bits per heavy atom. The first-order valence-corrected chi connectivity index (χ1v) is 8.38. The lowest BCUT2D eigenvalue weighted by atomic mass is 9.87. The second kappa shape index (κ2) is 7.29. The van der Waals surface area contributed by atoms with Gasteiger partial charge in [0.25, 0.3) is 5.91 Å². The van der Waals surface area contributed by atoms with Crippen LogP contribution in [0.3, 0.4) is 0 Å². The maximum absolute atomic E-state index is 12.4. The van der Waals surface area contributed by atoms with Crippen molar-refractivity contribution in [3.8, 4) is 5.69 Å². The summed E-state index contributed by atoms with van der Waals surface area (Å²) in [6.07, 6.45) is 8.20. The van der Waals surface area contributed by atoms with E-state index in [9.17, 15) is 9.59 Å². The van der Waals surface area contributed by atoms with Crippen LogP contribution in [-0.2, 0) is 4.79 Å². The molecular weight excluding hydrogens is 304 g/mol. The molecule has 126 valence electrons. The van der Waals surface area contributed by atoms with Gasteiger partial charge >= 0.3 is 0 Å². The number of benzene rings is 1. The van der Waals surface area contributed by atoms with Gasteiger partial charge < -0.3 is 11.1 Å². The quantitative estimate of drug-likeness (QED) is 0.885. The summed E-state index contributed by atoms with van der Waals surface area (Å²) in [5.74, 6) is -0.0683. The highest BCUT2D eigenvalue weighted by Crippen LogP contribution is 2.27. The molecule has 1 aromatic carbocycles. The zero-order valence-corrected chi connectivity index (χ0v) is 13.6. The molecular formula is C18H22N4O2. The Kier molecular flexibility index (Phi) is 4.93. The van der Waals surface area contributed by atoms with Crippen LogP contribution in [0.4, 0.5) is 5.69 Å². The normalized spacial score (nSPS) is 15.2. The van der Waals surface area contributed by atoms with Gasteiger partial charge in [0.05, 0.1) is 11.4 Å². The van der Waals surface area contributed by atoms with Crippen molar-refractivity contribution in [2.45, 2.75) is 38.5 Å². The highest BCUT2D eigenvalue weighted by molar-refractivity contribution is 5.93. The molecule has 24 heavy (non-hydrogen) atoms. The number of para-hydroxylation sites is 2. The summed E-state index contributed by atoms with van der Waals surface area (Å²) in [5.41, 5.74) is 6.82. The molecule has 2 aromatic rings. The van der Waals surface area contributed by atoms with Gasteiger partial charge in [-0.15, -0.1) is 0 Å². The minimum Gasteiger partial charge on any atom is -0.364 e. The van der Waals surface area contributed by atoms with Crippen molar-refractivity contribution < 1.29 is 9.59 Å². The van der Waals surface area contributed by atoms with Gasteiger partial charge in [-0.2, -0.15) is 5.10 Å². The van der Waals surface area contributed by atoms with E-state index >= 15 is 0 Å². The van der Waals surface area contributed by atoms with Gasteiger partial charge in [-0.1, -0.05) is 31.4 Å². The van der Waals surface area contributed by atoms with Crippen LogP contribution in [0.2, 0.25) is 0 Å². The monoisotopic (exact) mass is 326 g/mol. The van der Waals surface area contributed by atoms with Gasteiger partial charge in [-0.3, -0.25) is 9.59 Å². The lowest BCUT2D eigenvalue weighted by Gasteiger charge is -2.21. The molecule has 1 aliphatic rings. The van der Waals surface area contributed by atoms with E-state index in [1.165, 1.54) is 19.3 Å². The number of carbonyl (C=O) groups excluding carboxylic acids is 2. The van der Waals surface area contributed by atoms with Crippen LogP contribution < -0.4 is 11.1 Å². The Balaban J connectivity index is 1.73. The summed E-state index contributed by atoms with van der Waals surface area (Å²) < 4.78 is 1.55. The maximum Gasteiger partial charge on any atom is 0.269 e. The summed E-state index contributed by atoms with van der Waals surface area (Å²) in [5, 5.41) is 7.13. The standard InChI is InChI=1S/C18H22N4O2/c19-18(24)15-10-11-22(21-15)16-9-5-4-8-14(16)20-17(23)12-13-6-2-1-3-7-13/h4-5,8-11,13H,1-3,6-7,12H2,(H2,19,24)(H,20,23). The first-order chi connectivity index (χ1) is 11.6. The molecule has 3 N–H and O–H groups in total. The number of carbonyl (C=O) groups is 2. The van der Waals surface area contributed by atoms with E-state index in [-0.39, 0.29) is 11.6 Å². The van der Waals surface area contributed by atoms with Crippen LogP contribution in [0.25, 0.3) is 5.69 Å². The third-order valence-corrected chi connectivity index (χ3v) is 4.47. The van der Waals surface area contributed by atoms with Gasteiger partial charge in [0.15, 0.2) is 0 Å². The topological polar surface area (TPSA) is 90.0 Å². The van der Waals surface area contributed by atoms with Gasteiger partial charge in [0.2, 0.25) is 5.91 Å². The summed E-state index contributed by atoms with van der Waals surface area (Å²) in [6.45, 7) is 0. The molecule has 3 rings (SSSR count). The fourth-order valence-corrected chi connectivity index (χ4v) is 3.22. The second-order valence-corrected chi connectivity index (χ2v) is 6.28. The van der Waals surface area contributed by atoms with Crippen molar-refractivity contribution in [2.75, 3.05) is 5.32 Å². The van der Waals surface area contributed by atoms with Crippen molar-refractivity contribution in [1.82, 2.24) is 9.78 Å². The average molecular weight is 326 g/mol. The average Bonchev–Trinajstić information content (AvgIpc) is 3.06. The van der Waals surface area contributed by atoms with Crippen molar-refractivity contribution in [3.05, 3.63) is 42.2 Å². The number of anilines is 1. The Hall–Kier alpha value is -2.63. The molecule has 0 radical (unpaired) electrons. The van der Waals surface area contributed by atoms with Gasteiger partial charge in [0, 0.05) is 12.6 Å².